The summed E-state index contributed by atoms with van der Waals surface area (Å²) in [6.07, 6.45) is 1.33. The van der Waals surface area contributed by atoms with Gasteiger partial charge in [0.2, 0.25) is 5.91 Å². The van der Waals surface area contributed by atoms with E-state index >= 15 is 0 Å². The number of likely N-dealkylation sites (tertiary alicyclic amines) is 1. The number of hydrogen-bond donors (Lipinski definition) is 1. The van der Waals surface area contributed by atoms with Gasteiger partial charge in [-0.1, -0.05) is 66.7 Å². The molecule has 1 saturated heterocycles. The number of likely N-dealkylation sites (N-methyl/N-ethyl adjacent to an activating group) is 1. The third-order valence-corrected chi connectivity index (χ3v) is 6.98. The zero-order valence-electron chi connectivity index (χ0n) is 17.8. The van der Waals surface area contributed by atoms with Crippen molar-refractivity contribution in [2.45, 2.75) is 24.9 Å². The van der Waals surface area contributed by atoms with Gasteiger partial charge in [-0.25, -0.2) is 0 Å². The van der Waals surface area contributed by atoms with Crippen LogP contribution in [0.5, 0.6) is 0 Å². The molecule has 3 aromatic carbocycles. The van der Waals surface area contributed by atoms with Crippen LogP contribution in [0.2, 0.25) is 0 Å². The highest BCUT2D eigenvalue weighted by molar-refractivity contribution is 5.81. The van der Waals surface area contributed by atoms with E-state index in [1.165, 1.54) is 11.1 Å². The number of nitrogens with zero attached hydrogens (tertiary/aromatic N) is 2. The highest BCUT2D eigenvalue weighted by Gasteiger charge is 2.47. The van der Waals surface area contributed by atoms with Gasteiger partial charge in [-0.3, -0.25) is 4.79 Å². The van der Waals surface area contributed by atoms with Crippen LogP contribution in [0.15, 0.2) is 78.9 Å². The third-order valence-electron chi connectivity index (χ3n) is 6.98. The van der Waals surface area contributed by atoms with Gasteiger partial charge in [0.25, 0.3) is 0 Å². The molecule has 0 aliphatic carbocycles. The maximum atomic E-state index is 13.4. The summed E-state index contributed by atoms with van der Waals surface area (Å²) in [4.78, 5) is 17.6. The molecule has 2 aliphatic rings. The molecular formula is C27H28N2O2. The van der Waals surface area contributed by atoms with Crippen molar-refractivity contribution in [3.63, 3.8) is 0 Å². The molecule has 0 aromatic heterocycles. The summed E-state index contributed by atoms with van der Waals surface area (Å²) in [5.74, 6) is 0.393. The SMILES string of the molecule is CN1c2ccc(-c3ccccc3)cc2[C@H]2[C@H](CCN2C(=O)Cc2ccccc2)[C@H]1CO. The van der Waals surface area contributed by atoms with Gasteiger partial charge in [0, 0.05) is 25.2 Å². The molecule has 0 spiro atoms. The molecule has 2 aliphatic heterocycles. The molecular weight excluding hydrogens is 384 g/mol. The van der Waals surface area contributed by atoms with Crippen molar-refractivity contribution in [1.29, 1.82) is 0 Å². The predicted octanol–water partition coefficient (Wildman–Crippen LogP) is 4.30. The number of hydrogen-bond acceptors (Lipinski definition) is 3. The smallest absolute Gasteiger partial charge is 0.227 e. The van der Waals surface area contributed by atoms with Crippen LogP contribution < -0.4 is 4.90 Å². The monoisotopic (exact) mass is 412 g/mol. The minimum absolute atomic E-state index is 0.00299. The molecule has 1 amide bonds. The molecule has 4 heteroatoms. The number of aliphatic hydroxyl groups excluding tert-OH is 1. The molecule has 0 saturated carbocycles. The minimum atomic E-state index is 0.00299. The molecule has 2 heterocycles. The lowest BCUT2D eigenvalue weighted by Crippen LogP contribution is -2.48. The Hall–Kier alpha value is -3.11. The van der Waals surface area contributed by atoms with Crippen LogP contribution >= 0.6 is 0 Å². The van der Waals surface area contributed by atoms with Crippen molar-refractivity contribution in [3.05, 3.63) is 90.0 Å². The lowest BCUT2D eigenvalue weighted by molar-refractivity contribution is -0.132. The molecule has 31 heavy (non-hydrogen) atoms. The molecule has 3 aromatic rings. The van der Waals surface area contributed by atoms with Gasteiger partial charge in [0.05, 0.1) is 25.1 Å². The number of anilines is 1. The fraction of sp³-hybridized carbons (Fsp3) is 0.296. The number of carbonyl (C=O) groups is 1. The van der Waals surface area contributed by atoms with Crippen LogP contribution in [0.25, 0.3) is 11.1 Å². The molecule has 1 N–H and O–H groups in total. The Balaban J connectivity index is 1.54. The summed E-state index contributed by atoms with van der Waals surface area (Å²) >= 11 is 0. The van der Waals surface area contributed by atoms with Gasteiger partial charge in [0.1, 0.15) is 0 Å². The van der Waals surface area contributed by atoms with E-state index in [0.29, 0.717) is 6.42 Å². The number of carbonyl (C=O) groups excluding carboxylic acids is 1. The molecule has 0 radical (unpaired) electrons. The zero-order chi connectivity index (χ0) is 21.4. The Morgan fingerprint density at radius 2 is 1.68 bits per heavy atom. The second-order valence-electron chi connectivity index (χ2n) is 8.65. The summed E-state index contributed by atoms with van der Waals surface area (Å²) in [5.41, 5.74) is 5.68. The molecule has 0 bridgehead atoms. The summed E-state index contributed by atoms with van der Waals surface area (Å²) in [6.45, 7) is 0.832. The first-order valence-corrected chi connectivity index (χ1v) is 11.0. The van der Waals surface area contributed by atoms with Crippen molar-refractivity contribution < 1.29 is 9.90 Å². The topological polar surface area (TPSA) is 43.8 Å². The Bertz CT molecular complexity index is 1070. The first kappa shape index (κ1) is 19.8. The fourth-order valence-electron chi connectivity index (χ4n) is 5.42. The van der Waals surface area contributed by atoms with E-state index in [1.54, 1.807) is 0 Å². The van der Waals surface area contributed by atoms with Gasteiger partial charge >= 0.3 is 0 Å². The molecule has 0 unspecified atom stereocenters. The van der Waals surface area contributed by atoms with Crippen LogP contribution in [0.1, 0.15) is 23.6 Å². The average molecular weight is 413 g/mol. The summed E-state index contributed by atoms with van der Waals surface area (Å²) < 4.78 is 0. The number of fused-ring (bicyclic) bond motifs is 3. The van der Waals surface area contributed by atoms with Crippen LogP contribution in [0.3, 0.4) is 0 Å². The quantitative estimate of drug-likeness (QED) is 0.695. The van der Waals surface area contributed by atoms with E-state index in [9.17, 15) is 9.90 Å². The minimum Gasteiger partial charge on any atom is -0.394 e. The first-order chi connectivity index (χ1) is 15.2. The van der Waals surface area contributed by atoms with E-state index in [1.807, 2.05) is 36.4 Å². The normalized spacial score (nSPS) is 22.2. The maximum Gasteiger partial charge on any atom is 0.227 e. The van der Waals surface area contributed by atoms with Gasteiger partial charge < -0.3 is 14.9 Å². The third kappa shape index (κ3) is 3.51. The van der Waals surface area contributed by atoms with Crippen LogP contribution in [0, 0.1) is 5.92 Å². The number of aliphatic hydroxyl groups is 1. The molecule has 5 rings (SSSR count). The lowest BCUT2D eigenvalue weighted by Gasteiger charge is -2.44. The van der Waals surface area contributed by atoms with Crippen molar-refractivity contribution >= 4 is 11.6 Å². The second kappa shape index (κ2) is 8.20. The molecule has 158 valence electrons. The average Bonchev–Trinajstić information content (AvgIpc) is 3.26. The standard InChI is InChI=1S/C27H28N2O2/c1-28-24-13-12-21(20-10-6-3-7-11-20)17-23(24)27-22(25(28)18-30)14-15-29(27)26(31)16-19-8-4-2-5-9-19/h2-13,17,22,25,27,30H,14-16,18H2,1H3/t22-,25-,27-/m1/s1. The Morgan fingerprint density at radius 3 is 2.39 bits per heavy atom. The highest BCUT2D eigenvalue weighted by atomic mass is 16.3. The van der Waals surface area contributed by atoms with E-state index in [4.69, 9.17) is 0 Å². The summed E-state index contributed by atoms with van der Waals surface area (Å²) in [7, 11) is 2.06. The van der Waals surface area contributed by atoms with E-state index in [-0.39, 0.29) is 30.5 Å². The summed E-state index contributed by atoms with van der Waals surface area (Å²) in [5, 5.41) is 10.2. The Labute approximate surface area is 183 Å². The van der Waals surface area contributed by atoms with Crippen molar-refractivity contribution in [2.24, 2.45) is 5.92 Å². The van der Waals surface area contributed by atoms with E-state index in [2.05, 4.69) is 59.3 Å². The van der Waals surface area contributed by atoms with Gasteiger partial charge in [-0.15, -0.1) is 0 Å². The van der Waals surface area contributed by atoms with Gasteiger partial charge in [0.15, 0.2) is 0 Å². The summed E-state index contributed by atoms with van der Waals surface area (Å²) in [6, 6.07) is 26.9. The zero-order valence-corrected chi connectivity index (χ0v) is 17.8. The maximum absolute atomic E-state index is 13.4. The number of amides is 1. The highest BCUT2D eigenvalue weighted by Crippen LogP contribution is 2.49. The predicted molar refractivity (Wildman–Crippen MR) is 124 cm³/mol. The Morgan fingerprint density at radius 1 is 0.968 bits per heavy atom. The van der Waals surface area contributed by atoms with E-state index < -0.39 is 0 Å². The molecule has 4 nitrogen and oxygen atoms in total. The number of benzene rings is 3. The van der Waals surface area contributed by atoms with Gasteiger partial charge in [-0.05, 0) is 40.8 Å². The molecule has 3 atom stereocenters. The molecule has 1 fully saturated rings. The van der Waals surface area contributed by atoms with Crippen molar-refractivity contribution in [3.8, 4) is 11.1 Å². The lowest BCUT2D eigenvalue weighted by atomic mass is 9.81. The van der Waals surface area contributed by atoms with Crippen molar-refractivity contribution in [2.75, 3.05) is 25.1 Å². The fourth-order valence-corrected chi connectivity index (χ4v) is 5.42. The van der Waals surface area contributed by atoms with Gasteiger partial charge in [-0.2, -0.15) is 0 Å². The van der Waals surface area contributed by atoms with Crippen LogP contribution in [-0.2, 0) is 11.2 Å². The van der Waals surface area contributed by atoms with Crippen LogP contribution in [-0.4, -0.2) is 42.2 Å². The van der Waals surface area contributed by atoms with Crippen molar-refractivity contribution in [1.82, 2.24) is 4.90 Å². The van der Waals surface area contributed by atoms with Crippen LogP contribution in [0.4, 0.5) is 5.69 Å². The first-order valence-electron chi connectivity index (χ1n) is 11.0. The largest absolute Gasteiger partial charge is 0.394 e. The second-order valence-corrected chi connectivity index (χ2v) is 8.65. The van der Waals surface area contributed by atoms with E-state index in [0.717, 1.165) is 29.8 Å². The Kier molecular flexibility index (Phi) is 5.24. The number of rotatable bonds is 4.